The highest BCUT2D eigenvalue weighted by molar-refractivity contribution is 5.29. The van der Waals surface area contributed by atoms with E-state index in [9.17, 15) is 8.78 Å². The van der Waals surface area contributed by atoms with E-state index in [0.29, 0.717) is 24.5 Å². The van der Waals surface area contributed by atoms with Crippen molar-refractivity contribution in [3.63, 3.8) is 0 Å². The standard InChI is InChI=1S/C33H50F2O3/c1-5-24-8-19-31(38-20-24)30-17-15-29(16-18-30)28-13-11-27(12-14-28)26-9-6-25(7-10-26)21-37-23(3)33(35)32(34)22(2)36-4/h5,24-31H,1-3,6-21H2,4H3/b33-32-. The number of hydrogen-bond donors (Lipinski definition) is 0. The molecule has 2 unspecified atom stereocenters. The summed E-state index contributed by atoms with van der Waals surface area (Å²) in [6.07, 6.45) is 20.8. The van der Waals surface area contributed by atoms with Gasteiger partial charge in [-0.3, -0.25) is 0 Å². The highest BCUT2D eigenvalue weighted by Gasteiger charge is 2.37. The fourth-order valence-corrected chi connectivity index (χ4v) is 7.87. The lowest BCUT2D eigenvalue weighted by Crippen LogP contribution is -2.35. The van der Waals surface area contributed by atoms with Crippen LogP contribution in [0.25, 0.3) is 0 Å². The highest BCUT2D eigenvalue weighted by atomic mass is 19.2. The lowest BCUT2D eigenvalue weighted by atomic mass is 9.64. The van der Waals surface area contributed by atoms with E-state index in [1.54, 1.807) is 0 Å². The Morgan fingerprint density at radius 1 is 0.711 bits per heavy atom. The number of ether oxygens (including phenoxy) is 3. The fourth-order valence-electron chi connectivity index (χ4n) is 7.87. The third kappa shape index (κ3) is 7.52. The molecule has 0 radical (unpaired) electrons. The van der Waals surface area contributed by atoms with Crippen LogP contribution in [0.4, 0.5) is 8.78 Å². The van der Waals surface area contributed by atoms with E-state index >= 15 is 0 Å². The Hall–Kier alpha value is -1.62. The fraction of sp³-hybridized carbons (Fsp3) is 0.758. The van der Waals surface area contributed by atoms with Crippen molar-refractivity contribution in [1.29, 1.82) is 0 Å². The first-order valence-corrected chi connectivity index (χ1v) is 15.2. The minimum Gasteiger partial charge on any atom is -0.494 e. The topological polar surface area (TPSA) is 27.7 Å². The molecular formula is C33H50F2O3. The summed E-state index contributed by atoms with van der Waals surface area (Å²) in [5.74, 6) is 2.35. The van der Waals surface area contributed by atoms with Gasteiger partial charge >= 0.3 is 0 Å². The van der Waals surface area contributed by atoms with Gasteiger partial charge in [-0.05, 0) is 125 Å². The van der Waals surface area contributed by atoms with Crippen LogP contribution >= 0.6 is 0 Å². The van der Waals surface area contributed by atoms with E-state index < -0.39 is 11.7 Å². The zero-order chi connectivity index (χ0) is 27.1. The van der Waals surface area contributed by atoms with Crippen LogP contribution in [0.3, 0.4) is 0 Å². The van der Waals surface area contributed by atoms with Crippen molar-refractivity contribution in [2.45, 2.75) is 96.0 Å². The monoisotopic (exact) mass is 532 g/mol. The second-order valence-electron chi connectivity index (χ2n) is 12.6. The summed E-state index contributed by atoms with van der Waals surface area (Å²) in [4.78, 5) is 0. The second kappa shape index (κ2) is 14.1. The molecule has 38 heavy (non-hydrogen) atoms. The Morgan fingerprint density at radius 2 is 1.18 bits per heavy atom. The Labute approximate surface area is 229 Å². The van der Waals surface area contributed by atoms with Crippen LogP contribution in [0, 0.1) is 41.4 Å². The van der Waals surface area contributed by atoms with Gasteiger partial charge in [0.2, 0.25) is 11.7 Å². The first-order chi connectivity index (χ1) is 18.4. The van der Waals surface area contributed by atoms with E-state index in [1.165, 1.54) is 84.2 Å². The molecule has 0 spiro atoms. The number of allylic oxidation sites excluding steroid dienone is 2. The van der Waals surface area contributed by atoms with Crippen molar-refractivity contribution in [3.05, 3.63) is 49.0 Å². The van der Waals surface area contributed by atoms with Crippen molar-refractivity contribution in [1.82, 2.24) is 0 Å². The third-order valence-corrected chi connectivity index (χ3v) is 10.5. The zero-order valence-corrected chi connectivity index (χ0v) is 23.6. The lowest BCUT2D eigenvalue weighted by Gasteiger charge is -2.42. The summed E-state index contributed by atoms with van der Waals surface area (Å²) < 4.78 is 44.3. The van der Waals surface area contributed by atoms with Crippen molar-refractivity contribution < 1.29 is 23.0 Å². The third-order valence-electron chi connectivity index (χ3n) is 10.5. The Kier molecular flexibility index (Phi) is 10.9. The quantitative estimate of drug-likeness (QED) is 0.159. The van der Waals surface area contributed by atoms with Gasteiger partial charge in [0.1, 0.15) is 0 Å². The molecule has 1 heterocycles. The van der Waals surface area contributed by atoms with Crippen LogP contribution in [-0.2, 0) is 14.2 Å². The largest absolute Gasteiger partial charge is 0.494 e. The molecule has 0 aromatic rings. The second-order valence-corrected chi connectivity index (χ2v) is 12.6. The van der Waals surface area contributed by atoms with Crippen LogP contribution in [0.1, 0.15) is 89.9 Å². The molecule has 0 amide bonds. The van der Waals surface area contributed by atoms with Gasteiger partial charge in [-0.1, -0.05) is 19.2 Å². The van der Waals surface area contributed by atoms with Gasteiger partial charge in [-0.15, -0.1) is 6.58 Å². The Bertz CT molecular complexity index is 819. The van der Waals surface area contributed by atoms with Crippen LogP contribution in [-0.4, -0.2) is 26.4 Å². The smallest absolute Gasteiger partial charge is 0.203 e. The van der Waals surface area contributed by atoms with E-state index in [4.69, 9.17) is 9.47 Å². The highest BCUT2D eigenvalue weighted by Crippen LogP contribution is 2.47. The maximum atomic E-state index is 14.1. The molecule has 3 saturated carbocycles. The molecule has 1 aliphatic heterocycles. The molecule has 0 N–H and O–H groups in total. The molecule has 0 bridgehead atoms. The molecular weight excluding hydrogens is 482 g/mol. The molecule has 1 saturated heterocycles. The zero-order valence-electron chi connectivity index (χ0n) is 23.6. The van der Waals surface area contributed by atoms with Crippen molar-refractivity contribution >= 4 is 0 Å². The van der Waals surface area contributed by atoms with Gasteiger partial charge in [0.15, 0.2) is 11.5 Å². The Balaban J connectivity index is 1.11. The molecule has 0 aromatic carbocycles. The maximum absolute atomic E-state index is 14.1. The van der Waals surface area contributed by atoms with Gasteiger partial charge < -0.3 is 14.2 Å². The minimum absolute atomic E-state index is 0.275. The summed E-state index contributed by atoms with van der Waals surface area (Å²) in [5.41, 5.74) is 0. The van der Waals surface area contributed by atoms with Crippen LogP contribution in [0.5, 0.6) is 0 Å². The van der Waals surface area contributed by atoms with Crippen molar-refractivity contribution in [2.75, 3.05) is 20.3 Å². The van der Waals surface area contributed by atoms with Gasteiger partial charge in [-0.2, -0.15) is 8.78 Å². The molecule has 5 heteroatoms. The summed E-state index contributed by atoms with van der Waals surface area (Å²) in [6.45, 7) is 12.1. The molecule has 2 atom stereocenters. The van der Waals surface area contributed by atoms with Gasteiger partial charge in [0.05, 0.1) is 26.4 Å². The predicted molar refractivity (Wildman–Crippen MR) is 149 cm³/mol. The first-order valence-electron chi connectivity index (χ1n) is 15.2. The van der Waals surface area contributed by atoms with Gasteiger partial charge in [-0.25, -0.2) is 0 Å². The molecule has 3 aliphatic carbocycles. The van der Waals surface area contributed by atoms with E-state index in [2.05, 4.69) is 30.5 Å². The molecule has 0 aromatic heterocycles. The normalized spacial score (nSPS) is 37.0. The number of halogens is 2. The molecule has 214 valence electrons. The first kappa shape index (κ1) is 29.4. The van der Waals surface area contributed by atoms with Gasteiger partial charge in [0.25, 0.3) is 0 Å². The summed E-state index contributed by atoms with van der Waals surface area (Å²) in [7, 11) is 1.25. The number of rotatable bonds is 10. The lowest BCUT2D eigenvalue weighted by molar-refractivity contribution is -0.0521. The van der Waals surface area contributed by atoms with Crippen molar-refractivity contribution in [3.8, 4) is 0 Å². The summed E-state index contributed by atoms with van der Waals surface area (Å²) >= 11 is 0. The minimum atomic E-state index is -1.15. The molecule has 4 fully saturated rings. The van der Waals surface area contributed by atoms with Crippen molar-refractivity contribution in [2.24, 2.45) is 41.4 Å². The summed E-state index contributed by atoms with van der Waals surface area (Å²) in [6, 6.07) is 0. The number of methoxy groups -OCH3 is 1. The Morgan fingerprint density at radius 3 is 1.63 bits per heavy atom. The van der Waals surface area contributed by atoms with Crippen LogP contribution in [0.2, 0.25) is 0 Å². The van der Waals surface area contributed by atoms with Crippen LogP contribution in [0.15, 0.2) is 49.0 Å². The van der Waals surface area contributed by atoms with E-state index in [0.717, 1.165) is 49.0 Å². The van der Waals surface area contributed by atoms with E-state index in [1.807, 2.05) is 0 Å². The van der Waals surface area contributed by atoms with E-state index in [-0.39, 0.29) is 11.5 Å². The molecule has 4 rings (SSSR count). The average Bonchev–Trinajstić information content (AvgIpc) is 2.99. The maximum Gasteiger partial charge on any atom is 0.203 e. The molecule has 4 aliphatic rings. The summed E-state index contributed by atoms with van der Waals surface area (Å²) in [5, 5.41) is 0. The SMILES string of the molecule is C=CC1CCC(C2CCC(C3CCC(C4CCC(COC(=C)/C(F)=C(/F)C(=C)OC)CC4)CC3)CC2)OC1. The predicted octanol–water partition coefficient (Wildman–Crippen LogP) is 9.23. The molecule has 3 nitrogen and oxygen atoms in total. The van der Waals surface area contributed by atoms with Gasteiger partial charge in [0, 0.05) is 5.92 Å². The average molecular weight is 533 g/mol. The number of hydrogen-bond acceptors (Lipinski definition) is 3. The van der Waals surface area contributed by atoms with Crippen LogP contribution < -0.4 is 0 Å².